The lowest BCUT2D eigenvalue weighted by molar-refractivity contribution is -0.918. The molecule has 0 atom stereocenters. The first-order chi connectivity index (χ1) is 10.3. The van der Waals surface area contributed by atoms with Crippen molar-refractivity contribution in [2.24, 2.45) is 0 Å². The molecule has 0 spiro atoms. The Kier molecular flexibility index (Phi) is 6.87. The Hall–Kier alpha value is -1.08. The lowest BCUT2D eigenvalue weighted by Crippen LogP contribution is -2.48. The average molecular weight is 303 g/mol. The zero-order chi connectivity index (χ0) is 16.8. The molecule has 0 saturated carbocycles. The van der Waals surface area contributed by atoms with Gasteiger partial charge in [-0.25, -0.2) is 0 Å². The van der Waals surface area contributed by atoms with Crippen molar-refractivity contribution in [1.82, 2.24) is 0 Å². The maximum Gasteiger partial charge on any atom is 0.100 e. The molecule has 1 heteroatoms. The highest BCUT2D eigenvalue weighted by Gasteiger charge is 2.21. The summed E-state index contributed by atoms with van der Waals surface area (Å²) in [7, 11) is 0. The molecular formula is C21H36N+. The number of benzene rings is 1. The minimum Gasteiger partial charge on any atom is -0.321 e. The van der Waals surface area contributed by atoms with Crippen molar-refractivity contribution in [2.75, 3.05) is 26.2 Å². The molecule has 124 valence electrons. The second-order valence-electron chi connectivity index (χ2n) is 7.30. The summed E-state index contributed by atoms with van der Waals surface area (Å²) in [6, 6.07) is 9.14. The highest BCUT2D eigenvalue weighted by Crippen LogP contribution is 2.27. The van der Waals surface area contributed by atoms with Crippen LogP contribution in [0.4, 0.5) is 0 Å². The van der Waals surface area contributed by atoms with Crippen LogP contribution in [0.3, 0.4) is 0 Å². The summed E-state index contributed by atoms with van der Waals surface area (Å²) >= 11 is 0. The standard InChI is InChI=1S/C21H36N/c1-8-21(6,7)20-14-12-19(13-15-20)16-18(5)17-22(9-2,10-3)11-4/h12-16H,8-11,17H2,1-7H3/q+1. The Morgan fingerprint density at radius 3 is 1.86 bits per heavy atom. The lowest BCUT2D eigenvalue weighted by atomic mass is 9.82. The monoisotopic (exact) mass is 302 g/mol. The van der Waals surface area contributed by atoms with Gasteiger partial charge in [0.1, 0.15) is 6.54 Å². The van der Waals surface area contributed by atoms with Gasteiger partial charge < -0.3 is 4.48 Å². The van der Waals surface area contributed by atoms with Crippen LogP contribution < -0.4 is 0 Å². The van der Waals surface area contributed by atoms with Gasteiger partial charge in [0.15, 0.2) is 0 Å². The highest BCUT2D eigenvalue weighted by atomic mass is 15.3. The van der Waals surface area contributed by atoms with Crippen molar-refractivity contribution >= 4 is 6.08 Å². The first-order valence-electron chi connectivity index (χ1n) is 8.95. The topological polar surface area (TPSA) is 0 Å². The van der Waals surface area contributed by atoms with E-state index in [1.165, 1.54) is 47.2 Å². The van der Waals surface area contributed by atoms with E-state index in [0.717, 1.165) is 6.54 Å². The van der Waals surface area contributed by atoms with E-state index in [4.69, 9.17) is 0 Å². The van der Waals surface area contributed by atoms with Gasteiger partial charge in [0.2, 0.25) is 0 Å². The highest BCUT2D eigenvalue weighted by molar-refractivity contribution is 5.53. The molecule has 1 nitrogen and oxygen atoms in total. The minimum atomic E-state index is 0.274. The van der Waals surface area contributed by atoms with Gasteiger partial charge in [0.25, 0.3) is 0 Å². The van der Waals surface area contributed by atoms with E-state index in [-0.39, 0.29) is 5.41 Å². The number of hydrogen-bond acceptors (Lipinski definition) is 0. The molecule has 1 aromatic carbocycles. The molecule has 0 aliphatic carbocycles. The number of hydrogen-bond donors (Lipinski definition) is 0. The van der Waals surface area contributed by atoms with Gasteiger partial charge in [-0.05, 0) is 56.2 Å². The molecule has 0 aliphatic rings. The third kappa shape index (κ3) is 4.71. The van der Waals surface area contributed by atoms with E-state index in [1.807, 2.05) is 0 Å². The molecule has 1 rings (SSSR count). The van der Waals surface area contributed by atoms with Crippen molar-refractivity contribution in [3.05, 3.63) is 41.0 Å². The largest absolute Gasteiger partial charge is 0.321 e. The normalized spacial score (nSPS) is 13.5. The molecule has 0 N–H and O–H groups in total. The molecule has 0 aromatic heterocycles. The molecule has 0 unspecified atom stereocenters. The summed E-state index contributed by atoms with van der Waals surface area (Å²) in [5.41, 5.74) is 4.52. The average Bonchev–Trinajstić information content (AvgIpc) is 2.53. The molecule has 0 aliphatic heterocycles. The van der Waals surface area contributed by atoms with Crippen LogP contribution in [0.2, 0.25) is 0 Å². The maximum absolute atomic E-state index is 2.36. The number of likely N-dealkylation sites (N-methyl/N-ethyl adjacent to an activating group) is 1. The summed E-state index contributed by atoms with van der Waals surface area (Å²) in [4.78, 5) is 0. The minimum absolute atomic E-state index is 0.274. The summed E-state index contributed by atoms with van der Waals surface area (Å²) in [5, 5.41) is 0. The van der Waals surface area contributed by atoms with E-state index in [9.17, 15) is 0 Å². The SMILES string of the molecule is CCC(C)(C)c1ccc(C=C(C)C[N+](CC)(CC)CC)cc1. The number of nitrogens with zero attached hydrogens (tertiary/aromatic N) is 1. The smallest absolute Gasteiger partial charge is 0.100 e. The molecule has 0 amide bonds. The number of quaternary nitrogens is 1. The summed E-state index contributed by atoms with van der Waals surface area (Å²) < 4.78 is 1.18. The molecule has 0 fully saturated rings. The lowest BCUT2D eigenvalue weighted by Gasteiger charge is -2.36. The predicted octanol–water partition coefficient (Wildman–Crippen LogP) is 5.65. The first kappa shape index (κ1) is 19.0. The third-order valence-electron chi connectivity index (χ3n) is 5.59. The van der Waals surface area contributed by atoms with E-state index < -0.39 is 0 Å². The van der Waals surface area contributed by atoms with Gasteiger partial charge in [0, 0.05) is 0 Å². The fourth-order valence-electron chi connectivity index (χ4n) is 3.10. The van der Waals surface area contributed by atoms with E-state index in [2.05, 4.69) is 78.8 Å². The Labute approximate surface area is 138 Å². The predicted molar refractivity (Wildman–Crippen MR) is 100 cm³/mol. The van der Waals surface area contributed by atoms with Gasteiger partial charge in [-0.15, -0.1) is 0 Å². The third-order valence-corrected chi connectivity index (χ3v) is 5.59. The fraction of sp³-hybridized carbons (Fsp3) is 0.619. The second-order valence-corrected chi connectivity index (χ2v) is 7.30. The fourth-order valence-corrected chi connectivity index (χ4v) is 3.10. The van der Waals surface area contributed by atoms with E-state index in [0.29, 0.717) is 0 Å². The molecular weight excluding hydrogens is 266 g/mol. The summed E-state index contributed by atoms with van der Waals surface area (Å²) in [5.74, 6) is 0. The molecule has 0 heterocycles. The van der Waals surface area contributed by atoms with Crippen LogP contribution in [0.1, 0.15) is 66.0 Å². The van der Waals surface area contributed by atoms with Crippen LogP contribution >= 0.6 is 0 Å². The second kappa shape index (κ2) is 7.97. The quantitative estimate of drug-likeness (QED) is 0.544. The Morgan fingerprint density at radius 1 is 0.955 bits per heavy atom. The molecule has 22 heavy (non-hydrogen) atoms. The first-order valence-corrected chi connectivity index (χ1v) is 8.95. The zero-order valence-corrected chi connectivity index (χ0v) is 15.9. The number of rotatable bonds is 8. The Bertz CT molecular complexity index is 467. The van der Waals surface area contributed by atoms with Gasteiger partial charge >= 0.3 is 0 Å². The van der Waals surface area contributed by atoms with Crippen molar-refractivity contribution in [1.29, 1.82) is 0 Å². The molecule has 0 bridgehead atoms. The zero-order valence-electron chi connectivity index (χ0n) is 15.9. The molecule has 1 aromatic rings. The van der Waals surface area contributed by atoms with Crippen LogP contribution in [0.25, 0.3) is 6.08 Å². The van der Waals surface area contributed by atoms with Crippen molar-refractivity contribution in [3.8, 4) is 0 Å². The van der Waals surface area contributed by atoms with Crippen LogP contribution in [-0.2, 0) is 5.41 Å². The van der Waals surface area contributed by atoms with Crippen molar-refractivity contribution in [3.63, 3.8) is 0 Å². The van der Waals surface area contributed by atoms with Gasteiger partial charge in [-0.3, -0.25) is 0 Å². The van der Waals surface area contributed by atoms with Crippen LogP contribution in [0.5, 0.6) is 0 Å². The van der Waals surface area contributed by atoms with Gasteiger partial charge in [-0.2, -0.15) is 0 Å². The molecule has 0 radical (unpaired) electrons. The van der Waals surface area contributed by atoms with Crippen molar-refractivity contribution in [2.45, 2.75) is 60.3 Å². The van der Waals surface area contributed by atoms with Gasteiger partial charge in [0.05, 0.1) is 19.6 Å². The van der Waals surface area contributed by atoms with E-state index >= 15 is 0 Å². The van der Waals surface area contributed by atoms with Crippen LogP contribution in [0, 0.1) is 0 Å². The summed E-state index contributed by atoms with van der Waals surface area (Å²) in [6.07, 6.45) is 3.53. The maximum atomic E-state index is 2.36. The van der Waals surface area contributed by atoms with Crippen LogP contribution in [0.15, 0.2) is 29.8 Å². The van der Waals surface area contributed by atoms with Crippen LogP contribution in [-0.4, -0.2) is 30.7 Å². The van der Waals surface area contributed by atoms with Gasteiger partial charge in [-0.1, -0.05) is 51.1 Å². The summed E-state index contributed by atoms with van der Waals surface area (Å²) in [6.45, 7) is 20.9. The van der Waals surface area contributed by atoms with E-state index in [1.54, 1.807) is 0 Å². The molecule has 0 saturated heterocycles. The Morgan fingerprint density at radius 2 is 1.45 bits per heavy atom. The van der Waals surface area contributed by atoms with Crippen molar-refractivity contribution < 1.29 is 4.48 Å². The Balaban J connectivity index is 2.89.